The minimum Gasteiger partial charge on any atom is -0.493 e. The topological polar surface area (TPSA) is 38.7 Å². The molecule has 23 heavy (non-hydrogen) atoms. The van der Waals surface area contributed by atoms with Gasteiger partial charge in [-0.1, -0.05) is 24.3 Å². The van der Waals surface area contributed by atoms with E-state index in [0.29, 0.717) is 18.8 Å². The first-order valence-electron chi connectivity index (χ1n) is 7.36. The highest BCUT2D eigenvalue weighted by molar-refractivity contribution is 6.18. The van der Waals surface area contributed by atoms with Crippen LogP contribution in [0.25, 0.3) is 11.1 Å². The maximum Gasteiger partial charge on any atom is 0.119 e. The number of ether oxygens (including phenoxy) is 2. The third-order valence-corrected chi connectivity index (χ3v) is 3.53. The van der Waals surface area contributed by atoms with Crippen LogP contribution >= 0.6 is 11.6 Å². The SMILES string of the molecule is C#CCCOc1ccc(-c2ccc(OCC(O)CCl)cc2)cc1. The predicted octanol–water partition coefficient (Wildman–Crippen LogP) is 3.73. The minimum absolute atomic E-state index is 0.161. The zero-order chi connectivity index (χ0) is 16.5. The van der Waals surface area contributed by atoms with Crippen LogP contribution in [-0.2, 0) is 0 Å². The van der Waals surface area contributed by atoms with Crippen molar-refractivity contribution < 1.29 is 14.6 Å². The molecule has 120 valence electrons. The van der Waals surface area contributed by atoms with E-state index in [1.54, 1.807) is 0 Å². The molecule has 1 atom stereocenters. The molecular weight excluding hydrogens is 312 g/mol. The van der Waals surface area contributed by atoms with E-state index in [9.17, 15) is 5.11 Å². The molecule has 0 spiro atoms. The van der Waals surface area contributed by atoms with E-state index in [0.717, 1.165) is 16.9 Å². The smallest absolute Gasteiger partial charge is 0.119 e. The van der Waals surface area contributed by atoms with E-state index < -0.39 is 6.10 Å². The molecule has 2 aromatic rings. The summed E-state index contributed by atoms with van der Waals surface area (Å²) in [6, 6.07) is 15.5. The molecule has 0 radical (unpaired) electrons. The molecule has 0 heterocycles. The molecule has 3 nitrogen and oxygen atoms in total. The Morgan fingerprint density at radius 3 is 1.96 bits per heavy atom. The van der Waals surface area contributed by atoms with E-state index >= 15 is 0 Å². The minimum atomic E-state index is -0.654. The van der Waals surface area contributed by atoms with Gasteiger partial charge in [-0.15, -0.1) is 23.9 Å². The molecule has 0 amide bonds. The van der Waals surface area contributed by atoms with Crippen LogP contribution in [0.1, 0.15) is 6.42 Å². The fourth-order valence-corrected chi connectivity index (χ4v) is 2.04. The molecule has 0 aliphatic heterocycles. The lowest BCUT2D eigenvalue weighted by molar-refractivity contribution is 0.125. The van der Waals surface area contributed by atoms with Gasteiger partial charge in [-0.25, -0.2) is 0 Å². The molecule has 0 aliphatic carbocycles. The van der Waals surface area contributed by atoms with Crippen molar-refractivity contribution in [3.05, 3.63) is 48.5 Å². The number of rotatable bonds is 8. The van der Waals surface area contributed by atoms with Crippen molar-refractivity contribution in [2.45, 2.75) is 12.5 Å². The Balaban J connectivity index is 1.95. The predicted molar refractivity (Wildman–Crippen MR) is 93.0 cm³/mol. The summed E-state index contributed by atoms with van der Waals surface area (Å²) >= 11 is 5.53. The number of aliphatic hydroxyl groups is 1. The zero-order valence-corrected chi connectivity index (χ0v) is 13.5. The first kappa shape index (κ1) is 17.2. The van der Waals surface area contributed by atoms with Crippen molar-refractivity contribution in [2.24, 2.45) is 0 Å². The van der Waals surface area contributed by atoms with Gasteiger partial charge in [0, 0.05) is 6.42 Å². The molecule has 0 bridgehead atoms. The third kappa shape index (κ3) is 5.52. The van der Waals surface area contributed by atoms with Crippen molar-refractivity contribution in [1.82, 2.24) is 0 Å². The lowest BCUT2D eigenvalue weighted by Gasteiger charge is -2.10. The van der Waals surface area contributed by atoms with Gasteiger partial charge in [-0.2, -0.15) is 0 Å². The van der Waals surface area contributed by atoms with Crippen LogP contribution in [0, 0.1) is 12.3 Å². The van der Waals surface area contributed by atoms with Gasteiger partial charge >= 0.3 is 0 Å². The van der Waals surface area contributed by atoms with E-state index in [2.05, 4.69) is 5.92 Å². The van der Waals surface area contributed by atoms with Crippen LogP contribution < -0.4 is 9.47 Å². The number of alkyl halides is 1. The molecule has 1 unspecified atom stereocenters. The maximum absolute atomic E-state index is 9.38. The molecule has 2 aromatic carbocycles. The lowest BCUT2D eigenvalue weighted by Crippen LogP contribution is -2.18. The average Bonchev–Trinajstić information content (AvgIpc) is 2.61. The highest BCUT2D eigenvalue weighted by Crippen LogP contribution is 2.24. The Kier molecular flexibility index (Phi) is 6.80. The van der Waals surface area contributed by atoms with E-state index in [1.165, 1.54) is 0 Å². The molecule has 0 saturated carbocycles. The second-order valence-electron chi connectivity index (χ2n) is 4.97. The Labute approximate surface area is 141 Å². The number of aliphatic hydroxyl groups excluding tert-OH is 1. The molecule has 2 rings (SSSR count). The Hall–Kier alpha value is -2.15. The van der Waals surface area contributed by atoms with Crippen molar-refractivity contribution >= 4 is 11.6 Å². The lowest BCUT2D eigenvalue weighted by atomic mass is 10.1. The normalized spacial score (nSPS) is 11.5. The third-order valence-electron chi connectivity index (χ3n) is 3.18. The monoisotopic (exact) mass is 330 g/mol. The largest absolute Gasteiger partial charge is 0.493 e. The number of benzene rings is 2. The summed E-state index contributed by atoms with van der Waals surface area (Å²) in [6.45, 7) is 0.711. The Bertz CT molecular complexity index is 629. The molecule has 0 fully saturated rings. The van der Waals surface area contributed by atoms with Crippen molar-refractivity contribution in [2.75, 3.05) is 19.1 Å². The number of terminal acetylenes is 1. The Morgan fingerprint density at radius 1 is 0.957 bits per heavy atom. The summed E-state index contributed by atoms with van der Waals surface area (Å²) < 4.78 is 11.0. The zero-order valence-electron chi connectivity index (χ0n) is 12.7. The average molecular weight is 331 g/mol. The van der Waals surface area contributed by atoms with Gasteiger partial charge in [0.15, 0.2) is 0 Å². The quantitative estimate of drug-likeness (QED) is 0.455. The summed E-state index contributed by atoms with van der Waals surface area (Å²) in [4.78, 5) is 0. The molecule has 1 N–H and O–H groups in total. The van der Waals surface area contributed by atoms with E-state index in [4.69, 9.17) is 27.5 Å². The van der Waals surface area contributed by atoms with Gasteiger partial charge in [0.2, 0.25) is 0 Å². The van der Waals surface area contributed by atoms with E-state index in [-0.39, 0.29) is 12.5 Å². The number of hydrogen-bond acceptors (Lipinski definition) is 3. The van der Waals surface area contributed by atoms with Crippen molar-refractivity contribution in [3.63, 3.8) is 0 Å². The fraction of sp³-hybridized carbons (Fsp3) is 0.263. The van der Waals surface area contributed by atoms with Crippen LogP contribution in [-0.4, -0.2) is 30.3 Å². The van der Waals surface area contributed by atoms with Crippen LogP contribution in [0.3, 0.4) is 0 Å². The summed E-state index contributed by atoms with van der Waals surface area (Å²) in [6.07, 6.45) is 5.13. The second-order valence-corrected chi connectivity index (χ2v) is 5.28. The molecule has 0 aliphatic rings. The summed E-state index contributed by atoms with van der Waals surface area (Å²) in [5.41, 5.74) is 2.16. The second kappa shape index (κ2) is 9.09. The summed E-state index contributed by atoms with van der Waals surface area (Å²) in [5.74, 6) is 4.21. The summed E-state index contributed by atoms with van der Waals surface area (Å²) in [5, 5.41) is 9.38. The molecule has 0 saturated heterocycles. The van der Waals surface area contributed by atoms with Crippen LogP contribution in [0.15, 0.2) is 48.5 Å². The standard InChI is InChI=1S/C19H19ClO3/c1-2-3-12-22-18-8-4-15(5-9-18)16-6-10-19(11-7-16)23-14-17(21)13-20/h1,4-11,17,21H,3,12-14H2. The van der Waals surface area contributed by atoms with Crippen molar-refractivity contribution in [1.29, 1.82) is 0 Å². The fourth-order valence-electron chi connectivity index (χ4n) is 1.95. The van der Waals surface area contributed by atoms with E-state index in [1.807, 2.05) is 48.5 Å². The van der Waals surface area contributed by atoms with Gasteiger partial charge in [-0.3, -0.25) is 0 Å². The highest BCUT2D eigenvalue weighted by atomic mass is 35.5. The van der Waals surface area contributed by atoms with Gasteiger partial charge in [-0.05, 0) is 35.4 Å². The molecular formula is C19H19ClO3. The van der Waals surface area contributed by atoms with Crippen LogP contribution in [0.5, 0.6) is 11.5 Å². The maximum atomic E-state index is 9.38. The summed E-state index contributed by atoms with van der Waals surface area (Å²) in [7, 11) is 0. The van der Waals surface area contributed by atoms with Gasteiger partial charge in [0.25, 0.3) is 0 Å². The van der Waals surface area contributed by atoms with Crippen LogP contribution in [0.2, 0.25) is 0 Å². The van der Waals surface area contributed by atoms with Gasteiger partial charge < -0.3 is 14.6 Å². The Morgan fingerprint density at radius 2 is 1.48 bits per heavy atom. The number of hydrogen-bond donors (Lipinski definition) is 1. The van der Waals surface area contributed by atoms with Gasteiger partial charge in [0.05, 0.1) is 12.5 Å². The van der Waals surface area contributed by atoms with Crippen molar-refractivity contribution in [3.8, 4) is 35.0 Å². The van der Waals surface area contributed by atoms with Gasteiger partial charge in [0.1, 0.15) is 24.2 Å². The first-order chi connectivity index (χ1) is 11.2. The molecule has 4 heteroatoms. The molecule has 0 aromatic heterocycles. The first-order valence-corrected chi connectivity index (χ1v) is 7.90. The highest BCUT2D eigenvalue weighted by Gasteiger charge is 2.04. The van der Waals surface area contributed by atoms with Crippen LogP contribution in [0.4, 0.5) is 0 Å². The number of halogens is 1.